The van der Waals surface area contributed by atoms with Crippen molar-refractivity contribution in [2.75, 3.05) is 11.9 Å². The Morgan fingerprint density at radius 3 is 2.50 bits per heavy atom. The number of amides is 1. The molecule has 132 valence electrons. The van der Waals surface area contributed by atoms with Crippen LogP contribution in [0.1, 0.15) is 65.3 Å². The molecule has 0 saturated carbocycles. The van der Waals surface area contributed by atoms with Gasteiger partial charge in [0.15, 0.2) is 17.0 Å². The van der Waals surface area contributed by atoms with Crippen molar-refractivity contribution in [3.05, 3.63) is 12.7 Å². The van der Waals surface area contributed by atoms with Crippen molar-refractivity contribution >= 4 is 23.1 Å². The van der Waals surface area contributed by atoms with Crippen molar-refractivity contribution in [2.45, 2.75) is 65.3 Å². The van der Waals surface area contributed by atoms with Crippen molar-refractivity contribution in [3.63, 3.8) is 0 Å². The second-order valence-electron chi connectivity index (χ2n) is 5.83. The minimum atomic E-state index is -0.527. The monoisotopic (exact) mass is 333 g/mol. The van der Waals surface area contributed by atoms with E-state index in [4.69, 9.17) is 4.74 Å². The van der Waals surface area contributed by atoms with E-state index in [0.717, 1.165) is 18.5 Å². The second kappa shape index (κ2) is 9.20. The van der Waals surface area contributed by atoms with Crippen molar-refractivity contribution in [1.82, 2.24) is 19.5 Å². The van der Waals surface area contributed by atoms with Crippen molar-refractivity contribution < 1.29 is 9.53 Å². The number of carbonyl (C=O) groups is 1. The van der Waals surface area contributed by atoms with Crippen LogP contribution in [0.15, 0.2) is 12.7 Å². The normalized spacial score (nSPS) is 11.2. The summed E-state index contributed by atoms with van der Waals surface area (Å²) in [5.41, 5.74) is 1.36. The lowest BCUT2D eigenvalue weighted by atomic mass is 10.0. The predicted octanol–water partition coefficient (Wildman–Crippen LogP) is 4.32. The van der Waals surface area contributed by atoms with Gasteiger partial charge in [-0.15, -0.1) is 0 Å². The Kier molecular flexibility index (Phi) is 6.96. The molecule has 2 aromatic heterocycles. The van der Waals surface area contributed by atoms with Gasteiger partial charge in [0.2, 0.25) is 0 Å². The van der Waals surface area contributed by atoms with Gasteiger partial charge in [-0.05, 0) is 19.8 Å². The first-order valence-electron chi connectivity index (χ1n) is 8.82. The molecule has 0 spiro atoms. The number of aromatic nitrogens is 4. The first-order valence-corrected chi connectivity index (χ1v) is 8.82. The van der Waals surface area contributed by atoms with Crippen LogP contribution in [0.3, 0.4) is 0 Å². The molecule has 7 nitrogen and oxygen atoms in total. The molecule has 0 atom stereocenters. The van der Waals surface area contributed by atoms with Crippen LogP contribution in [0.4, 0.5) is 10.6 Å². The number of carbonyl (C=O) groups excluding carboxylic acids is 1. The number of hydrogen-bond acceptors (Lipinski definition) is 5. The van der Waals surface area contributed by atoms with Crippen LogP contribution in [0.2, 0.25) is 0 Å². The molecule has 0 aromatic carbocycles. The molecule has 1 amide bonds. The Bertz CT molecular complexity index is 647. The quantitative estimate of drug-likeness (QED) is 0.739. The Labute approximate surface area is 142 Å². The van der Waals surface area contributed by atoms with E-state index in [2.05, 4.69) is 38.7 Å². The molecule has 0 aliphatic carbocycles. The van der Waals surface area contributed by atoms with Crippen LogP contribution >= 0.6 is 0 Å². The summed E-state index contributed by atoms with van der Waals surface area (Å²) in [5, 5.41) is 2.64. The largest absolute Gasteiger partial charge is 0.450 e. The summed E-state index contributed by atoms with van der Waals surface area (Å²) in [5.74, 6) is 0.391. The van der Waals surface area contributed by atoms with Crippen LogP contribution in [0.25, 0.3) is 11.2 Å². The third-order valence-electron chi connectivity index (χ3n) is 4.03. The highest BCUT2D eigenvalue weighted by Gasteiger charge is 2.18. The molecule has 1 N–H and O–H groups in total. The van der Waals surface area contributed by atoms with Gasteiger partial charge in [0.05, 0.1) is 12.9 Å². The number of ether oxygens (including phenoxy) is 1. The predicted molar refractivity (Wildman–Crippen MR) is 94.1 cm³/mol. The first-order chi connectivity index (χ1) is 11.7. The van der Waals surface area contributed by atoms with Crippen LogP contribution in [-0.4, -0.2) is 32.2 Å². The lowest BCUT2D eigenvalue weighted by Gasteiger charge is -2.18. The Balaban J connectivity index is 2.28. The topological polar surface area (TPSA) is 81.9 Å². The maximum atomic E-state index is 11.7. The Morgan fingerprint density at radius 2 is 1.88 bits per heavy atom. The molecule has 2 rings (SSSR count). The summed E-state index contributed by atoms with van der Waals surface area (Å²) in [6.45, 7) is 6.47. The van der Waals surface area contributed by atoms with Crippen LogP contribution in [0.5, 0.6) is 0 Å². The van der Waals surface area contributed by atoms with Crippen molar-refractivity contribution in [3.8, 4) is 0 Å². The molecular formula is C17H27N5O2. The minimum Gasteiger partial charge on any atom is -0.450 e. The molecule has 0 saturated heterocycles. The number of rotatable bonds is 9. The van der Waals surface area contributed by atoms with Crippen LogP contribution in [-0.2, 0) is 4.74 Å². The van der Waals surface area contributed by atoms with E-state index in [9.17, 15) is 4.79 Å². The van der Waals surface area contributed by atoms with Crippen molar-refractivity contribution in [1.29, 1.82) is 0 Å². The summed E-state index contributed by atoms with van der Waals surface area (Å²) in [6, 6.07) is 0.375. The van der Waals surface area contributed by atoms with Gasteiger partial charge in [-0.3, -0.25) is 5.32 Å². The number of fused-ring (bicyclic) bond motifs is 1. The fourth-order valence-corrected chi connectivity index (χ4v) is 2.78. The van der Waals surface area contributed by atoms with Crippen LogP contribution in [0, 0.1) is 0 Å². The summed E-state index contributed by atoms with van der Waals surface area (Å²) in [4.78, 5) is 24.6. The van der Waals surface area contributed by atoms with Gasteiger partial charge in [0, 0.05) is 6.04 Å². The number of imidazole rings is 1. The Hall–Kier alpha value is -2.18. The fourth-order valence-electron chi connectivity index (χ4n) is 2.78. The third kappa shape index (κ3) is 4.43. The molecule has 0 aliphatic rings. The molecule has 0 bridgehead atoms. The molecule has 7 heteroatoms. The smallest absolute Gasteiger partial charge is 0.412 e. The van der Waals surface area contributed by atoms with Gasteiger partial charge in [0.25, 0.3) is 0 Å². The van der Waals surface area contributed by atoms with E-state index < -0.39 is 6.09 Å². The average molecular weight is 333 g/mol. The number of hydrogen-bond donors (Lipinski definition) is 1. The number of nitrogens with zero attached hydrogens (tertiary/aromatic N) is 4. The van der Waals surface area contributed by atoms with E-state index in [1.165, 1.54) is 32.0 Å². The van der Waals surface area contributed by atoms with E-state index in [1.54, 1.807) is 6.92 Å². The van der Waals surface area contributed by atoms with Crippen molar-refractivity contribution in [2.24, 2.45) is 0 Å². The summed E-state index contributed by atoms with van der Waals surface area (Å²) < 4.78 is 7.03. The van der Waals surface area contributed by atoms with Gasteiger partial charge >= 0.3 is 6.09 Å². The zero-order chi connectivity index (χ0) is 17.4. The second-order valence-corrected chi connectivity index (χ2v) is 5.83. The number of nitrogens with one attached hydrogen (secondary N) is 1. The van der Waals surface area contributed by atoms with E-state index in [0.29, 0.717) is 24.0 Å². The molecular weight excluding hydrogens is 306 g/mol. The van der Waals surface area contributed by atoms with E-state index in [-0.39, 0.29) is 0 Å². The maximum absolute atomic E-state index is 11.7. The molecule has 0 aliphatic heterocycles. The van der Waals surface area contributed by atoms with Gasteiger partial charge in [-0.25, -0.2) is 19.7 Å². The van der Waals surface area contributed by atoms with Gasteiger partial charge in [-0.2, -0.15) is 0 Å². The standard InChI is InChI=1S/C17H27N5O2/c1-4-7-9-13(10-8-5-2)22-12-20-14-15(18-11-19-16(14)22)21-17(23)24-6-3/h11-13H,4-10H2,1-3H3,(H,18,19,21,23). The number of anilines is 1. The molecule has 24 heavy (non-hydrogen) atoms. The number of unbranched alkanes of at least 4 members (excludes halogenated alkanes) is 2. The molecule has 2 heterocycles. The first kappa shape index (κ1) is 18.2. The zero-order valence-electron chi connectivity index (χ0n) is 14.8. The summed E-state index contributed by atoms with van der Waals surface area (Å²) >= 11 is 0. The molecule has 2 aromatic rings. The van der Waals surface area contributed by atoms with E-state index >= 15 is 0 Å². The molecule has 0 fully saturated rings. The summed E-state index contributed by atoms with van der Waals surface area (Å²) in [7, 11) is 0. The summed E-state index contributed by atoms with van der Waals surface area (Å²) in [6.07, 6.45) is 9.63. The molecule has 0 unspecified atom stereocenters. The minimum absolute atomic E-state index is 0.310. The fraction of sp³-hybridized carbons (Fsp3) is 0.647. The van der Waals surface area contributed by atoms with E-state index in [1.807, 2.05) is 6.33 Å². The van der Waals surface area contributed by atoms with Gasteiger partial charge in [0.1, 0.15) is 6.33 Å². The van der Waals surface area contributed by atoms with Gasteiger partial charge < -0.3 is 9.30 Å². The highest BCUT2D eigenvalue weighted by atomic mass is 16.5. The highest BCUT2D eigenvalue weighted by Crippen LogP contribution is 2.27. The lowest BCUT2D eigenvalue weighted by Crippen LogP contribution is -2.15. The zero-order valence-corrected chi connectivity index (χ0v) is 14.8. The average Bonchev–Trinajstić information content (AvgIpc) is 3.00. The Morgan fingerprint density at radius 1 is 1.17 bits per heavy atom. The SMILES string of the molecule is CCCCC(CCCC)n1cnc2c(NC(=O)OCC)ncnc21. The lowest BCUT2D eigenvalue weighted by molar-refractivity contribution is 0.168. The maximum Gasteiger partial charge on any atom is 0.412 e. The third-order valence-corrected chi connectivity index (χ3v) is 4.03. The van der Waals surface area contributed by atoms with Crippen LogP contribution < -0.4 is 5.32 Å². The van der Waals surface area contributed by atoms with Gasteiger partial charge in [-0.1, -0.05) is 39.5 Å². The highest BCUT2D eigenvalue weighted by molar-refractivity contribution is 5.93. The molecule has 0 radical (unpaired) electrons.